The van der Waals surface area contributed by atoms with Gasteiger partial charge in [0, 0.05) is 12.8 Å². The number of hydrogen-bond acceptors (Lipinski definition) is 3. The molecule has 0 spiro atoms. The summed E-state index contributed by atoms with van der Waals surface area (Å²) in [6.45, 7) is 2.02. The molecule has 0 aliphatic carbocycles. The lowest BCUT2D eigenvalue weighted by atomic mass is 10.1. The monoisotopic (exact) mass is 324 g/mol. The van der Waals surface area contributed by atoms with Gasteiger partial charge in [-0.05, 0) is 45.8 Å². The zero-order chi connectivity index (χ0) is 13.8. The quantitative estimate of drug-likeness (QED) is 0.907. The molecule has 1 aromatic carbocycles. The number of rotatable bonds is 5. The molecule has 19 heavy (non-hydrogen) atoms. The maximum absolute atomic E-state index is 10.2. The van der Waals surface area contributed by atoms with Gasteiger partial charge in [0.15, 0.2) is 0 Å². The van der Waals surface area contributed by atoms with Crippen LogP contribution in [0.4, 0.5) is 0 Å². The topological polar surface area (TPSA) is 42.6 Å². The number of ether oxygens (including phenoxy) is 1. The highest BCUT2D eigenvalue weighted by Crippen LogP contribution is 2.28. The van der Waals surface area contributed by atoms with Crippen molar-refractivity contribution in [3.8, 4) is 5.75 Å². The highest BCUT2D eigenvalue weighted by atomic mass is 79.9. The summed E-state index contributed by atoms with van der Waals surface area (Å²) in [6.07, 6.45) is 0.723. The minimum Gasteiger partial charge on any atom is -0.496 e. The van der Waals surface area contributed by atoms with Crippen molar-refractivity contribution in [3.05, 3.63) is 51.9 Å². The number of furan rings is 1. The molecule has 1 atom stereocenters. The molecule has 2 rings (SSSR count). The standard InChI is InChI=1S/C15H17BrO3/c1-3-11-5-7-15(19-11)13(17)9-10-4-6-14(18-2)12(16)8-10/h4-8,13,17H,3,9H2,1-2H3. The van der Waals surface area contributed by atoms with E-state index in [2.05, 4.69) is 15.9 Å². The van der Waals surface area contributed by atoms with Crippen molar-refractivity contribution in [2.75, 3.05) is 7.11 Å². The summed E-state index contributed by atoms with van der Waals surface area (Å²) in [6, 6.07) is 9.51. The van der Waals surface area contributed by atoms with Crippen LogP contribution in [0.25, 0.3) is 0 Å². The van der Waals surface area contributed by atoms with E-state index in [0.717, 1.165) is 28.0 Å². The van der Waals surface area contributed by atoms with E-state index in [-0.39, 0.29) is 0 Å². The second kappa shape index (κ2) is 6.26. The van der Waals surface area contributed by atoms with Crippen LogP contribution in [0, 0.1) is 0 Å². The minimum atomic E-state index is -0.624. The normalized spacial score (nSPS) is 12.4. The molecular formula is C15H17BrO3. The molecule has 3 nitrogen and oxygen atoms in total. The summed E-state index contributed by atoms with van der Waals surface area (Å²) in [7, 11) is 1.63. The number of hydrogen-bond donors (Lipinski definition) is 1. The van der Waals surface area contributed by atoms with E-state index in [0.29, 0.717) is 12.2 Å². The van der Waals surface area contributed by atoms with Crippen LogP contribution < -0.4 is 4.74 Å². The molecule has 1 heterocycles. The number of aliphatic hydroxyl groups is 1. The third-order valence-electron chi connectivity index (χ3n) is 3.00. The van der Waals surface area contributed by atoms with Gasteiger partial charge in [0.05, 0.1) is 11.6 Å². The first-order valence-electron chi connectivity index (χ1n) is 6.23. The molecule has 2 aromatic rings. The van der Waals surface area contributed by atoms with Crippen molar-refractivity contribution >= 4 is 15.9 Å². The smallest absolute Gasteiger partial charge is 0.133 e. The molecule has 0 saturated carbocycles. The highest BCUT2D eigenvalue weighted by molar-refractivity contribution is 9.10. The molecule has 0 fully saturated rings. The summed E-state index contributed by atoms with van der Waals surface area (Å²) in [4.78, 5) is 0. The Morgan fingerprint density at radius 2 is 2.11 bits per heavy atom. The lowest BCUT2D eigenvalue weighted by Crippen LogP contribution is -2.00. The van der Waals surface area contributed by atoms with Crippen LogP contribution in [0.5, 0.6) is 5.75 Å². The Balaban J connectivity index is 2.10. The second-order valence-corrected chi connectivity index (χ2v) is 5.20. The molecule has 1 N–H and O–H groups in total. The van der Waals surface area contributed by atoms with Gasteiger partial charge in [-0.3, -0.25) is 0 Å². The molecule has 4 heteroatoms. The molecular weight excluding hydrogens is 308 g/mol. The molecule has 1 aromatic heterocycles. The lowest BCUT2D eigenvalue weighted by Gasteiger charge is -2.10. The second-order valence-electron chi connectivity index (χ2n) is 4.35. The first-order chi connectivity index (χ1) is 9.13. The van der Waals surface area contributed by atoms with E-state index in [1.54, 1.807) is 7.11 Å². The Morgan fingerprint density at radius 3 is 2.68 bits per heavy atom. The fourth-order valence-corrected chi connectivity index (χ4v) is 2.51. The largest absolute Gasteiger partial charge is 0.496 e. The van der Waals surface area contributed by atoms with Gasteiger partial charge in [0.1, 0.15) is 23.4 Å². The van der Waals surface area contributed by atoms with Crippen molar-refractivity contribution < 1.29 is 14.3 Å². The minimum absolute atomic E-state index is 0.513. The summed E-state index contributed by atoms with van der Waals surface area (Å²) in [5, 5.41) is 10.2. The van der Waals surface area contributed by atoms with Gasteiger partial charge in [-0.1, -0.05) is 13.0 Å². The van der Waals surface area contributed by atoms with Gasteiger partial charge >= 0.3 is 0 Å². The van der Waals surface area contributed by atoms with Gasteiger partial charge < -0.3 is 14.3 Å². The fraction of sp³-hybridized carbons (Fsp3) is 0.333. The average Bonchev–Trinajstić information content (AvgIpc) is 2.88. The Hall–Kier alpha value is -1.26. The van der Waals surface area contributed by atoms with Crippen LogP contribution in [-0.4, -0.2) is 12.2 Å². The van der Waals surface area contributed by atoms with Gasteiger partial charge in [0.25, 0.3) is 0 Å². The SMILES string of the molecule is CCc1ccc(C(O)Cc2ccc(OC)c(Br)c2)o1. The van der Waals surface area contributed by atoms with E-state index >= 15 is 0 Å². The molecule has 102 valence electrons. The van der Waals surface area contributed by atoms with Crippen LogP contribution >= 0.6 is 15.9 Å². The van der Waals surface area contributed by atoms with Gasteiger partial charge in [-0.2, -0.15) is 0 Å². The van der Waals surface area contributed by atoms with Crippen LogP contribution in [-0.2, 0) is 12.8 Å². The van der Waals surface area contributed by atoms with Gasteiger partial charge in [-0.25, -0.2) is 0 Å². The van der Waals surface area contributed by atoms with E-state index in [9.17, 15) is 5.11 Å². The van der Waals surface area contributed by atoms with Crippen molar-refractivity contribution in [3.63, 3.8) is 0 Å². The third kappa shape index (κ3) is 3.39. The van der Waals surface area contributed by atoms with Crippen molar-refractivity contribution in [2.24, 2.45) is 0 Å². The van der Waals surface area contributed by atoms with Crippen LogP contribution in [0.1, 0.15) is 30.1 Å². The zero-order valence-corrected chi connectivity index (χ0v) is 12.6. The van der Waals surface area contributed by atoms with Crippen molar-refractivity contribution in [1.82, 2.24) is 0 Å². The Morgan fingerprint density at radius 1 is 1.32 bits per heavy atom. The first-order valence-corrected chi connectivity index (χ1v) is 7.02. The number of benzene rings is 1. The first kappa shape index (κ1) is 14.2. The molecule has 0 radical (unpaired) electrons. The maximum Gasteiger partial charge on any atom is 0.133 e. The van der Waals surface area contributed by atoms with Crippen molar-refractivity contribution in [2.45, 2.75) is 25.9 Å². The number of aryl methyl sites for hydroxylation is 1. The van der Waals surface area contributed by atoms with Gasteiger partial charge in [0.2, 0.25) is 0 Å². The van der Waals surface area contributed by atoms with Gasteiger partial charge in [-0.15, -0.1) is 0 Å². The lowest BCUT2D eigenvalue weighted by molar-refractivity contribution is 0.148. The molecule has 0 saturated heterocycles. The van der Waals surface area contributed by atoms with Crippen molar-refractivity contribution in [1.29, 1.82) is 0 Å². The molecule has 0 bridgehead atoms. The highest BCUT2D eigenvalue weighted by Gasteiger charge is 2.13. The summed E-state index contributed by atoms with van der Waals surface area (Å²) in [5.74, 6) is 2.29. The summed E-state index contributed by atoms with van der Waals surface area (Å²) >= 11 is 3.44. The zero-order valence-electron chi connectivity index (χ0n) is 11.0. The summed E-state index contributed by atoms with van der Waals surface area (Å²) < 4.78 is 11.6. The number of aliphatic hydroxyl groups excluding tert-OH is 1. The van der Waals surface area contributed by atoms with E-state index in [1.165, 1.54) is 0 Å². The number of methoxy groups -OCH3 is 1. The molecule has 1 unspecified atom stereocenters. The molecule has 0 amide bonds. The maximum atomic E-state index is 10.2. The van der Waals surface area contributed by atoms with E-state index in [4.69, 9.17) is 9.15 Å². The predicted octanol–water partition coefficient (Wildman–Crippen LogP) is 3.89. The van der Waals surface area contributed by atoms with Crippen LogP contribution in [0.15, 0.2) is 39.2 Å². The third-order valence-corrected chi connectivity index (χ3v) is 3.62. The molecule has 0 aliphatic heterocycles. The van der Waals surface area contributed by atoms with Crippen LogP contribution in [0.2, 0.25) is 0 Å². The Labute approximate surface area is 121 Å². The Bertz CT molecular complexity index is 548. The Kier molecular flexibility index (Phi) is 4.66. The average molecular weight is 325 g/mol. The predicted molar refractivity (Wildman–Crippen MR) is 77.4 cm³/mol. The van der Waals surface area contributed by atoms with E-state index < -0.39 is 6.10 Å². The fourth-order valence-electron chi connectivity index (χ4n) is 1.92. The summed E-state index contributed by atoms with van der Waals surface area (Å²) in [5.41, 5.74) is 1.02. The molecule has 0 aliphatic rings. The van der Waals surface area contributed by atoms with Crippen LogP contribution in [0.3, 0.4) is 0 Å². The number of halogens is 1. The van der Waals surface area contributed by atoms with E-state index in [1.807, 2.05) is 37.3 Å².